The molecule has 1 aromatic rings. The lowest BCUT2D eigenvalue weighted by Gasteiger charge is -2.16. The van der Waals surface area contributed by atoms with Gasteiger partial charge in [-0.25, -0.2) is 0 Å². The fourth-order valence-corrected chi connectivity index (χ4v) is 4.52. The van der Waals surface area contributed by atoms with Gasteiger partial charge < -0.3 is 10.2 Å². The van der Waals surface area contributed by atoms with Crippen molar-refractivity contribution in [3.8, 4) is 11.5 Å². The Balaban J connectivity index is 2.34. The summed E-state index contributed by atoms with van der Waals surface area (Å²) < 4.78 is 0. The highest BCUT2D eigenvalue weighted by molar-refractivity contribution is 5.57. The van der Waals surface area contributed by atoms with E-state index in [2.05, 4.69) is 40.7 Å². The number of allylic oxidation sites excluding steroid dienone is 2. The maximum Gasteiger partial charge on any atom is 0.122 e. The summed E-state index contributed by atoms with van der Waals surface area (Å²) in [5.74, 6) is 3.18. The molecule has 2 nitrogen and oxygen atoms in total. The number of hydrogen-bond acceptors (Lipinski definition) is 2. The van der Waals surface area contributed by atoms with Crippen molar-refractivity contribution < 1.29 is 10.2 Å². The molecule has 2 atom stereocenters. The van der Waals surface area contributed by atoms with Crippen molar-refractivity contribution in [2.75, 3.05) is 0 Å². The largest absolute Gasteiger partial charge is 0.507 e. The van der Waals surface area contributed by atoms with Gasteiger partial charge in [0.15, 0.2) is 0 Å². The predicted octanol–water partition coefficient (Wildman–Crippen LogP) is 8.95. The van der Waals surface area contributed by atoms with E-state index < -0.39 is 0 Å². The molecule has 0 aliphatic heterocycles. The number of benzene rings is 1. The average molecular weight is 431 g/mol. The van der Waals surface area contributed by atoms with E-state index in [-0.39, 0.29) is 0 Å². The Bertz CT molecular complexity index is 670. The topological polar surface area (TPSA) is 40.5 Å². The Hall–Kier alpha value is -1.44. The van der Waals surface area contributed by atoms with Crippen molar-refractivity contribution in [2.24, 2.45) is 17.8 Å². The minimum Gasteiger partial charge on any atom is -0.507 e. The number of phenols is 2. The highest BCUT2D eigenvalue weighted by Crippen LogP contribution is 2.36. The van der Waals surface area contributed by atoms with Gasteiger partial charge in [-0.1, -0.05) is 84.3 Å². The van der Waals surface area contributed by atoms with Crippen molar-refractivity contribution in [3.05, 3.63) is 33.9 Å². The Labute approximate surface area is 193 Å². The summed E-state index contributed by atoms with van der Waals surface area (Å²) in [4.78, 5) is 0. The molecule has 0 aromatic heterocycles. The molecule has 1 rings (SSSR count). The summed E-state index contributed by atoms with van der Waals surface area (Å²) in [6, 6.07) is 0. The van der Waals surface area contributed by atoms with Crippen LogP contribution in [0.3, 0.4) is 0 Å². The highest BCUT2D eigenvalue weighted by Gasteiger charge is 2.15. The Kier molecular flexibility index (Phi) is 12.3. The molecule has 0 aliphatic carbocycles. The second-order valence-corrected chi connectivity index (χ2v) is 10.7. The van der Waals surface area contributed by atoms with Crippen molar-refractivity contribution in [1.29, 1.82) is 0 Å². The lowest BCUT2D eigenvalue weighted by atomic mass is 9.91. The minimum absolute atomic E-state index is 0.319. The normalized spacial score (nSPS) is 14.3. The van der Waals surface area contributed by atoms with Crippen LogP contribution in [0.25, 0.3) is 0 Å². The van der Waals surface area contributed by atoms with Crippen molar-refractivity contribution in [1.82, 2.24) is 0 Å². The number of aromatic hydroxyl groups is 2. The third kappa shape index (κ3) is 9.71. The van der Waals surface area contributed by atoms with Gasteiger partial charge in [0.05, 0.1) is 0 Å². The van der Waals surface area contributed by atoms with E-state index in [0.717, 1.165) is 46.4 Å². The van der Waals surface area contributed by atoms with Crippen LogP contribution in [-0.2, 0) is 6.42 Å². The monoisotopic (exact) mass is 430 g/mol. The third-order valence-corrected chi connectivity index (χ3v) is 7.16. The van der Waals surface area contributed by atoms with Gasteiger partial charge in [-0.15, -0.1) is 0 Å². The van der Waals surface area contributed by atoms with Gasteiger partial charge in [-0.2, -0.15) is 0 Å². The third-order valence-electron chi connectivity index (χ3n) is 7.16. The molecule has 0 spiro atoms. The number of phenolic OH excluding ortho intramolecular Hbond substituents is 2. The number of hydrogen-bond donors (Lipinski definition) is 2. The first kappa shape index (κ1) is 27.6. The van der Waals surface area contributed by atoms with Crippen molar-refractivity contribution >= 4 is 0 Å². The summed E-state index contributed by atoms with van der Waals surface area (Å²) >= 11 is 0. The molecule has 2 N–H and O–H groups in total. The van der Waals surface area contributed by atoms with Gasteiger partial charge in [-0.05, 0) is 81.4 Å². The lowest BCUT2D eigenvalue weighted by Crippen LogP contribution is -2.00. The van der Waals surface area contributed by atoms with E-state index in [1.807, 2.05) is 20.8 Å². The minimum atomic E-state index is 0.319. The van der Waals surface area contributed by atoms with E-state index in [9.17, 15) is 10.2 Å². The van der Waals surface area contributed by atoms with Crippen LogP contribution in [0.2, 0.25) is 0 Å². The summed E-state index contributed by atoms with van der Waals surface area (Å²) in [7, 11) is 0. The fourth-order valence-electron chi connectivity index (χ4n) is 4.52. The lowest BCUT2D eigenvalue weighted by molar-refractivity contribution is 0.389. The molecule has 1 aromatic carbocycles. The molecule has 0 saturated carbocycles. The van der Waals surface area contributed by atoms with E-state index in [4.69, 9.17) is 0 Å². The van der Waals surface area contributed by atoms with Crippen LogP contribution in [0.15, 0.2) is 11.6 Å². The van der Waals surface area contributed by atoms with Crippen LogP contribution in [-0.4, -0.2) is 10.2 Å². The molecular weight excluding hydrogens is 380 g/mol. The van der Waals surface area contributed by atoms with Gasteiger partial charge in [0.2, 0.25) is 0 Å². The number of rotatable bonds is 14. The first-order valence-electron chi connectivity index (χ1n) is 12.7. The van der Waals surface area contributed by atoms with Crippen LogP contribution in [0.4, 0.5) is 0 Å². The van der Waals surface area contributed by atoms with Crippen LogP contribution in [0, 0.1) is 38.5 Å². The second kappa shape index (κ2) is 13.9. The smallest absolute Gasteiger partial charge is 0.122 e. The van der Waals surface area contributed by atoms with Crippen LogP contribution in [0.1, 0.15) is 115 Å². The van der Waals surface area contributed by atoms with Gasteiger partial charge in [0, 0.05) is 5.56 Å². The molecule has 2 heteroatoms. The van der Waals surface area contributed by atoms with Crippen LogP contribution >= 0.6 is 0 Å². The SMILES string of the molecule is C/C(=C\Cc1c(C)c(O)c(C)c(C)c1O)CCCC(C)CCCC(C)CCCC(C)C. The van der Waals surface area contributed by atoms with Gasteiger partial charge in [-0.3, -0.25) is 0 Å². The Morgan fingerprint density at radius 3 is 1.74 bits per heavy atom. The highest BCUT2D eigenvalue weighted by atomic mass is 16.3. The quantitative estimate of drug-likeness (QED) is 0.228. The maximum absolute atomic E-state index is 10.5. The average Bonchev–Trinajstić information content (AvgIpc) is 2.70. The van der Waals surface area contributed by atoms with Crippen LogP contribution < -0.4 is 0 Å². The van der Waals surface area contributed by atoms with E-state index in [0.29, 0.717) is 17.9 Å². The molecule has 31 heavy (non-hydrogen) atoms. The molecule has 0 bridgehead atoms. The van der Waals surface area contributed by atoms with Crippen molar-refractivity contribution in [2.45, 2.75) is 120 Å². The zero-order chi connectivity index (χ0) is 23.6. The van der Waals surface area contributed by atoms with Gasteiger partial charge in [0.25, 0.3) is 0 Å². The van der Waals surface area contributed by atoms with E-state index in [1.165, 1.54) is 56.9 Å². The zero-order valence-corrected chi connectivity index (χ0v) is 21.8. The molecule has 0 heterocycles. The molecule has 0 amide bonds. The van der Waals surface area contributed by atoms with Crippen LogP contribution in [0.5, 0.6) is 11.5 Å². The summed E-state index contributed by atoms with van der Waals surface area (Å²) in [5.41, 5.74) is 4.60. The molecule has 2 unspecified atom stereocenters. The molecule has 0 saturated heterocycles. The zero-order valence-electron chi connectivity index (χ0n) is 21.8. The fraction of sp³-hybridized carbons (Fsp3) is 0.724. The summed E-state index contributed by atoms with van der Waals surface area (Å²) in [6.07, 6.45) is 14.8. The molecule has 0 aliphatic rings. The molecule has 0 radical (unpaired) electrons. The Morgan fingerprint density at radius 1 is 0.710 bits per heavy atom. The Morgan fingerprint density at radius 2 is 1.19 bits per heavy atom. The molecule has 0 fully saturated rings. The molecular formula is C29H50O2. The summed E-state index contributed by atoms with van der Waals surface area (Å²) in [5, 5.41) is 20.8. The standard InChI is InChI=1S/C29H50O2/c1-20(2)12-9-13-21(3)14-10-15-22(4)16-11-17-23(5)18-19-27-26(8)28(30)24(6)25(7)29(27)31/h18,20-22,30-31H,9-17,19H2,1-8H3/b23-18+. The van der Waals surface area contributed by atoms with Gasteiger partial charge >= 0.3 is 0 Å². The predicted molar refractivity (Wildman–Crippen MR) is 136 cm³/mol. The van der Waals surface area contributed by atoms with Gasteiger partial charge in [0.1, 0.15) is 11.5 Å². The second-order valence-electron chi connectivity index (χ2n) is 10.7. The summed E-state index contributed by atoms with van der Waals surface area (Å²) in [6.45, 7) is 17.3. The van der Waals surface area contributed by atoms with Crippen molar-refractivity contribution in [3.63, 3.8) is 0 Å². The first-order chi connectivity index (χ1) is 14.5. The van der Waals surface area contributed by atoms with E-state index >= 15 is 0 Å². The maximum atomic E-state index is 10.5. The van der Waals surface area contributed by atoms with E-state index in [1.54, 1.807) is 0 Å². The first-order valence-corrected chi connectivity index (χ1v) is 12.7. The molecule has 178 valence electrons.